The van der Waals surface area contributed by atoms with Gasteiger partial charge in [-0.15, -0.1) is 0 Å². The molecule has 0 spiro atoms. The van der Waals surface area contributed by atoms with E-state index < -0.39 is 0 Å². The largest absolute Gasteiger partial charge is 0.302 e. The first-order chi connectivity index (χ1) is 18.2. The normalized spacial score (nSPS) is 11.5. The number of unbranched alkanes of at least 4 members (excludes halogenated alkanes) is 4. The summed E-state index contributed by atoms with van der Waals surface area (Å²) in [6.45, 7) is 13.5. The fraction of sp³-hybridized carbons (Fsp3) is 0.500. The molecule has 0 N–H and O–H groups in total. The number of hydrogen-bond donors (Lipinski definition) is 0. The van der Waals surface area contributed by atoms with Crippen LogP contribution in [0.3, 0.4) is 0 Å². The summed E-state index contributed by atoms with van der Waals surface area (Å²) in [6, 6.07) is 22.7. The molecule has 37 heavy (non-hydrogen) atoms. The van der Waals surface area contributed by atoms with Crippen LogP contribution in [0, 0.1) is 0 Å². The van der Waals surface area contributed by atoms with Gasteiger partial charge in [0.25, 0.3) is 0 Å². The first-order valence-electron chi connectivity index (χ1n) is 14.7. The number of aromatic nitrogens is 1. The molecular formula is C34H49N3. The minimum Gasteiger partial charge on any atom is -0.302 e. The van der Waals surface area contributed by atoms with Crippen molar-refractivity contribution in [3.8, 4) is 11.1 Å². The molecule has 3 heteroatoms. The van der Waals surface area contributed by atoms with Gasteiger partial charge in [-0.3, -0.25) is 9.88 Å². The van der Waals surface area contributed by atoms with Gasteiger partial charge >= 0.3 is 0 Å². The average Bonchev–Trinajstić information content (AvgIpc) is 2.94. The second-order valence-corrected chi connectivity index (χ2v) is 10.5. The second kappa shape index (κ2) is 17.1. The zero-order valence-corrected chi connectivity index (χ0v) is 23.7. The molecule has 3 nitrogen and oxygen atoms in total. The van der Waals surface area contributed by atoms with E-state index in [0.29, 0.717) is 0 Å². The van der Waals surface area contributed by atoms with Crippen molar-refractivity contribution < 1.29 is 0 Å². The van der Waals surface area contributed by atoms with Crippen LogP contribution in [0.2, 0.25) is 0 Å². The van der Waals surface area contributed by atoms with E-state index >= 15 is 0 Å². The van der Waals surface area contributed by atoms with E-state index in [-0.39, 0.29) is 0 Å². The minimum atomic E-state index is 0.976. The van der Waals surface area contributed by atoms with E-state index in [1.165, 1.54) is 92.3 Å². The third-order valence-electron chi connectivity index (χ3n) is 7.26. The first-order valence-corrected chi connectivity index (χ1v) is 14.7. The van der Waals surface area contributed by atoms with E-state index in [9.17, 15) is 0 Å². The molecule has 1 aromatic heterocycles. The lowest BCUT2D eigenvalue weighted by Gasteiger charge is -2.28. The summed E-state index contributed by atoms with van der Waals surface area (Å²) < 4.78 is 0. The highest BCUT2D eigenvalue weighted by atomic mass is 15.2. The summed E-state index contributed by atoms with van der Waals surface area (Å²) in [5.41, 5.74) is 6.74. The predicted octanol–water partition coefficient (Wildman–Crippen LogP) is 8.39. The highest BCUT2D eigenvalue weighted by molar-refractivity contribution is 5.62. The Morgan fingerprint density at radius 1 is 0.486 bits per heavy atom. The van der Waals surface area contributed by atoms with Gasteiger partial charge < -0.3 is 4.90 Å². The fourth-order valence-electron chi connectivity index (χ4n) is 4.85. The van der Waals surface area contributed by atoms with E-state index in [1.54, 1.807) is 0 Å². The molecule has 200 valence electrons. The maximum Gasteiger partial charge on any atom is 0.0273 e. The number of benzene rings is 2. The van der Waals surface area contributed by atoms with Crippen molar-refractivity contribution in [2.75, 3.05) is 26.2 Å². The molecule has 0 unspecified atom stereocenters. The molecule has 0 saturated carbocycles. The maximum absolute atomic E-state index is 4.15. The third-order valence-corrected chi connectivity index (χ3v) is 7.26. The van der Waals surface area contributed by atoms with Gasteiger partial charge in [0.1, 0.15) is 0 Å². The van der Waals surface area contributed by atoms with Crippen molar-refractivity contribution in [3.05, 3.63) is 89.7 Å². The van der Waals surface area contributed by atoms with Crippen molar-refractivity contribution in [2.45, 2.75) is 85.2 Å². The lowest BCUT2D eigenvalue weighted by Crippen LogP contribution is -2.36. The lowest BCUT2D eigenvalue weighted by atomic mass is 10.0. The van der Waals surface area contributed by atoms with Gasteiger partial charge in [-0.25, -0.2) is 0 Å². The molecule has 0 aliphatic rings. The Hall–Kier alpha value is -2.49. The SMILES string of the molecule is CCCCCc1ccc(CN(CCN(CCCC)CCCC)Cc2ccc(-c3ccncc3)cc2)cc1. The van der Waals surface area contributed by atoms with Crippen molar-refractivity contribution in [1.29, 1.82) is 0 Å². The van der Waals surface area contributed by atoms with Crippen LogP contribution in [0.4, 0.5) is 0 Å². The second-order valence-electron chi connectivity index (χ2n) is 10.5. The molecule has 3 rings (SSSR count). The van der Waals surface area contributed by atoms with Gasteiger partial charge in [0.15, 0.2) is 0 Å². The van der Waals surface area contributed by atoms with Crippen LogP contribution in [-0.2, 0) is 19.5 Å². The number of pyridine rings is 1. The number of hydrogen-bond acceptors (Lipinski definition) is 3. The van der Waals surface area contributed by atoms with Crippen LogP contribution in [0.25, 0.3) is 11.1 Å². The molecule has 0 fully saturated rings. The van der Waals surface area contributed by atoms with E-state index in [1.807, 2.05) is 12.4 Å². The molecule has 0 aliphatic carbocycles. The summed E-state index contributed by atoms with van der Waals surface area (Å²) in [7, 11) is 0. The van der Waals surface area contributed by atoms with Crippen molar-refractivity contribution >= 4 is 0 Å². The maximum atomic E-state index is 4.15. The van der Waals surface area contributed by atoms with Crippen LogP contribution in [0.1, 0.15) is 82.4 Å². The van der Waals surface area contributed by atoms with Crippen molar-refractivity contribution in [2.24, 2.45) is 0 Å². The molecule has 2 aromatic carbocycles. The Bertz CT molecular complexity index is 958. The van der Waals surface area contributed by atoms with Gasteiger partial charge in [-0.2, -0.15) is 0 Å². The number of aryl methyl sites for hydroxylation is 1. The Balaban J connectivity index is 1.67. The van der Waals surface area contributed by atoms with Crippen molar-refractivity contribution in [1.82, 2.24) is 14.8 Å². The number of nitrogens with zero attached hydrogens (tertiary/aromatic N) is 3. The standard InChI is InChI=1S/C34H49N3/c1-4-7-10-11-30-12-14-31(15-13-30)28-37(27-26-36(24-8-5-2)25-9-6-3)29-32-16-18-33(19-17-32)34-20-22-35-23-21-34/h12-23H,4-11,24-29H2,1-3H3. The van der Waals surface area contributed by atoms with Gasteiger partial charge in [0, 0.05) is 38.6 Å². The van der Waals surface area contributed by atoms with Crippen molar-refractivity contribution in [3.63, 3.8) is 0 Å². The topological polar surface area (TPSA) is 19.4 Å². The van der Waals surface area contributed by atoms with Gasteiger partial charge in [-0.1, -0.05) is 95.0 Å². The van der Waals surface area contributed by atoms with Crippen LogP contribution >= 0.6 is 0 Å². The highest BCUT2D eigenvalue weighted by Crippen LogP contribution is 2.20. The summed E-state index contributed by atoms with van der Waals surface area (Å²) >= 11 is 0. The molecule has 1 heterocycles. The van der Waals surface area contributed by atoms with Gasteiger partial charge in [0.2, 0.25) is 0 Å². The fourth-order valence-corrected chi connectivity index (χ4v) is 4.85. The Kier molecular flexibility index (Phi) is 13.4. The van der Waals surface area contributed by atoms with Crippen LogP contribution < -0.4 is 0 Å². The first kappa shape index (κ1) is 29.1. The quantitative estimate of drug-likeness (QED) is 0.164. The Morgan fingerprint density at radius 3 is 1.54 bits per heavy atom. The molecule has 0 amide bonds. The minimum absolute atomic E-state index is 0.976. The zero-order chi connectivity index (χ0) is 26.1. The molecule has 3 aromatic rings. The van der Waals surface area contributed by atoms with Crippen LogP contribution in [0.15, 0.2) is 73.1 Å². The van der Waals surface area contributed by atoms with E-state index in [4.69, 9.17) is 0 Å². The molecular weight excluding hydrogens is 450 g/mol. The summed E-state index contributed by atoms with van der Waals surface area (Å²) in [5.74, 6) is 0. The molecule has 0 atom stereocenters. The number of rotatable bonds is 18. The molecule has 0 radical (unpaired) electrons. The molecule has 0 saturated heterocycles. The van der Waals surface area contributed by atoms with Crippen LogP contribution in [-0.4, -0.2) is 41.0 Å². The average molecular weight is 500 g/mol. The van der Waals surface area contributed by atoms with Gasteiger partial charge in [-0.05, 0) is 78.7 Å². The third kappa shape index (κ3) is 10.8. The van der Waals surface area contributed by atoms with Gasteiger partial charge in [0.05, 0.1) is 0 Å². The highest BCUT2D eigenvalue weighted by Gasteiger charge is 2.12. The smallest absolute Gasteiger partial charge is 0.0273 e. The summed E-state index contributed by atoms with van der Waals surface area (Å²) in [6.07, 6.45) is 13.9. The molecule has 0 aliphatic heterocycles. The summed E-state index contributed by atoms with van der Waals surface area (Å²) in [4.78, 5) is 9.47. The molecule has 0 bridgehead atoms. The predicted molar refractivity (Wildman–Crippen MR) is 160 cm³/mol. The van der Waals surface area contributed by atoms with E-state index in [0.717, 1.165) is 26.2 Å². The zero-order valence-electron chi connectivity index (χ0n) is 23.7. The summed E-state index contributed by atoms with van der Waals surface area (Å²) in [5, 5.41) is 0. The Labute approximate surface area is 226 Å². The van der Waals surface area contributed by atoms with Crippen LogP contribution in [0.5, 0.6) is 0 Å². The lowest BCUT2D eigenvalue weighted by molar-refractivity contribution is 0.189. The Morgan fingerprint density at radius 2 is 0.973 bits per heavy atom. The monoisotopic (exact) mass is 499 g/mol. The van der Waals surface area contributed by atoms with E-state index in [2.05, 4.69) is 96.2 Å².